The second-order valence-electron chi connectivity index (χ2n) is 9.87. The van der Waals surface area contributed by atoms with Gasteiger partial charge in [0.05, 0.1) is 36.5 Å². The number of rotatable bonds is 10. The van der Waals surface area contributed by atoms with Crippen LogP contribution in [0.15, 0.2) is 48.5 Å². The summed E-state index contributed by atoms with van der Waals surface area (Å²) in [6.45, 7) is 6.58. The number of ether oxygens (including phenoxy) is 2. The number of carbonyl (C=O) groups is 1. The van der Waals surface area contributed by atoms with Gasteiger partial charge in [0.2, 0.25) is 0 Å². The molecule has 2 saturated heterocycles. The van der Waals surface area contributed by atoms with Crippen LogP contribution in [0.25, 0.3) is 10.1 Å². The van der Waals surface area contributed by atoms with E-state index in [4.69, 9.17) is 19.0 Å². The molecule has 1 spiro atoms. The SMILES string of the molecule is O=C(O)CCOCCc1cccc(CCN2CCC3(CC2)CN(c2nsc4ccccc24)CCO3)c1. The fourth-order valence-electron chi connectivity index (χ4n) is 5.29. The van der Waals surface area contributed by atoms with Gasteiger partial charge in [-0.15, -0.1) is 0 Å². The molecule has 0 radical (unpaired) electrons. The van der Waals surface area contributed by atoms with E-state index >= 15 is 0 Å². The van der Waals surface area contributed by atoms with Gasteiger partial charge in [-0.2, -0.15) is 4.37 Å². The Morgan fingerprint density at radius 2 is 1.86 bits per heavy atom. The van der Waals surface area contributed by atoms with Crippen LogP contribution < -0.4 is 4.90 Å². The van der Waals surface area contributed by atoms with E-state index in [-0.39, 0.29) is 18.6 Å². The first-order chi connectivity index (χ1) is 17.6. The third-order valence-electron chi connectivity index (χ3n) is 7.38. The molecule has 2 fully saturated rings. The van der Waals surface area contributed by atoms with Crippen molar-refractivity contribution < 1.29 is 19.4 Å². The van der Waals surface area contributed by atoms with Crippen LogP contribution in [0.3, 0.4) is 0 Å². The maximum atomic E-state index is 10.6. The van der Waals surface area contributed by atoms with Crippen molar-refractivity contribution in [2.45, 2.75) is 37.7 Å². The lowest BCUT2D eigenvalue weighted by Gasteiger charge is -2.47. The van der Waals surface area contributed by atoms with Crippen molar-refractivity contribution in [1.29, 1.82) is 0 Å². The Labute approximate surface area is 216 Å². The van der Waals surface area contributed by atoms with Gasteiger partial charge in [0.1, 0.15) is 5.82 Å². The van der Waals surface area contributed by atoms with Crippen LogP contribution >= 0.6 is 11.5 Å². The Morgan fingerprint density at radius 1 is 1.06 bits per heavy atom. The molecule has 36 heavy (non-hydrogen) atoms. The predicted molar refractivity (Wildman–Crippen MR) is 143 cm³/mol. The lowest BCUT2D eigenvalue weighted by atomic mass is 9.89. The summed E-state index contributed by atoms with van der Waals surface area (Å²) >= 11 is 1.59. The number of morpholine rings is 1. The number of piperidine rings is 1. The van der Waals surface area contributed by atoms with Crippen molar-refractivity contribution in [3.63, 3.8) is 0 Å². The molecule has 2 aromatic carbocycles. The topological polar surface area (TPSA) is 75.1 Å². The highest BCUT2D eigenvalue weighted by Gasteiger charge is 2.40. The van der Waals surface area contributed by atoms with Gasteiger partial charge in [0.15, 0.2) is 0 Å². The number of carboxylic acid groups (broad SMARTS) is 1. The van der Waals surface area contributed by atoms with Crippen molar-refractivity contribution in [3.8, 4) is 0 Å². The number of likely N-dealkylation sites (tertiary alicyclic amines) is 1. The molecule has 1 aromatic heterocycles. The van der Waals surface area contributed by atoms with Crippen LogP contribution in [-0.4, -0.2) is 78.5 Å². The first-order valence-electron chi connectivity index (χ1n) is 12.9. The number of hydrogen-bond acceptors (Lipinski definition) is 7. The van der Waals surface area contributed by atoms with Crippen LogP contribution in [-0.2, 0) is 27.1 Å². The summed E-state index contributed by atoms with van der Waals surface area (Å²) in [4.78, 5) is 15.6. The maximum absolute atomic E-state index is 10.6. The minimum absolute atomic E-state index is 0.0575. The summed E-state index contributed by atoms with van der Waals surface area (Å²) in [5.74, 6) is 0.300. The smallest absolute Gasteiger partial charge is 0.305 e. The first-order valence-corrected chi connectivity index (χ1v) is 13.7. The molecule has 7 nitrogen and oxygen atoms in total. The largest absolute Gasteiger partial charge is 0.481 e. The number of benzene rings is 2. The molecular weight excluding hydrogens is 474 g/mol. The van der Waals surface area contributed by atoms with Crippen molar-refractivity contribution >= 4 is 33.4 Å². The molecule has 2 aliphatic rings. The molecule has 5 rings (SSSR count). The molecule has 0 amide bonds. The summed E-state index contributed by atoms with van der Waals surface area (Å²) in [6, 6.07) is 17.2. The van der Waals surface area contributed by atoms with Gasteiger partial charge >= 0.3 is 5.97 Å². The molecule has 0 atom stereocenters. The van der Waals surface area contributed by atoms with E-state index in [1.807, 2.05) is 0 Å². The molecule has 0 bridgehead atoms. The Kier molecular flexibility index (Phi) is 8.16. The Morgan fingerprint density at radius 3 is 2.69 bits per heavy atom. The van der Waals surface area contributed by atoms with Crippen molar-refractivity contribution in [2.75, 3.05) is 57.4 Å². The van der Waals surface area contributed by atoms with Gasteiger partial charge < -0.3 is 24.4 Å². The highest BCUT2D eigenvalue weighted by Crippen LogP contribution is 2.35. The quantitative estimate of drug-likeness (QED) is 0.410. The van der Waals surface area contributed by atoms with Gasteiger partial charge in [-0.3, -0.25) is 4.79 Å². The maximum Gasteiger partial charge on any atom is 0.305 e. The molecular formula is C28H35N3O4S. The molecule has 3 aromatic rings. The summed E-state index contributed by atoms with van der Waals surface area (Å²) in [5.41, 5.74) is 2.51. The van der Waals surface area contributed by atoms with Crippen LogP contribution in [0.4, 0.5) is 5.82 Å². The minimum Gasteiger partial charge on any atom is -0.481 e. The summed E-state index contributed by atoms with van der Waals surface area (Å²) in [7, 11) is 0. The zero-order valence-electron chi connectivity index (χ0n) is 20.7. The average molecular weight is 510 g/mol. The van der Waals surface area contributed by atoms with Gasteiger partial charge in [-0.1, -0.05) is 36.4 Å². The molecule has 0 aliphatic carbocycles. The highest BCUT2D eigenvalue weighted by molar-refractivity contribution is 7.13. The molecule has 2 aliphatic heterocycles. The van der Waals surface area contributed by atoms with Crippen LogP contribution in [0.2, 0.25) is 0 Å². The Bertz CT molecular complexity index is 1160. The second-order valence-corrected chi connectivity index (χ2v) is 10.7. The minimum atomic E-state index is -0.818. The molecule has 1 N–H and O–H groups in total. The van der Waals surface area contributed by atoms with E-state index in [2.05, 4.69) is 58.3 Å². The van der Waals surface area contributed by atoms with E-state index in [0.29, 0.717) is 6.61 Å². The van der Waals surface area contributed by atoms with E-state index in [0.717, 1.165) is 70.8 Å². The number of fused-ring (bicyclic) bond motifs is 1. The first kappa shape index (κ1) is 25.1. The number of aliphatic carboxylic acids is 1. The second kappa shape index (κ2) is 11.7. The lowest BCUT2D eigenvalue weighted by molar-refractivity contribution is -0.138. The number of nitrogens with zero attached hydrogens (tertiary/aromatic N) is 3. The fourth-order valence-corrected chi connectivity index (χ4v) is 6.09. The molecule has 192 valence electrons. The molecule has 0 saturated carbocycles. The van der Waals surface area contributed by atoms with Crippen LogP contribution in [0, 0.1) is 0 Å². The average Bonchev–Trinajstić information content (AvgIpc) is 3.33. The van der Waals surface area contributed by atoms with Gasteiger partial charge in [-0.25, -0.2) is 0 Å². The van der Waals surface area contributed by atoms with Gasteiger partial charge in [-0.05, 0) is 60.5 Å². The standard InChI is InChI=1S/C28H35N3O4S/c32-26(33)10-18-34-17-9-23-5-3-4-22(20-23)8-13-30-14-11-28(12-15-30)21-31(16-19-35-28)27-24-6-1-2-7-25(24)36-29-27/h1-7,20H,8-19,21H2,(H,32,33). The Hall–Kier alpha value is -2.52. The van der Waals surface area contributed by atoms with Crippen molar-refractivity contribution in [1.82, 2.24) is 9.27 Å². The zero-order chi connectivity index (χ0) is 24.8. The van der Waals surface area contributed by atoms with E-state index in [1.54, 1.807) is 11.5 Å². The zero-order valence-corrected chi connectivity index (χ0v) is 21.5. The van der Waals surface area contributed by atoms with E-state index < -0.39 is 5.97 Å². The third-order valence-corrected chi connectivity index (χ3v) is 8.19. The number of carboxylic acids is 1. The highest BCUT2D eigenvalue weighted by atomic mass is 32.1. The van der Waals surface area contributed by atoms with Crippen molar-refractivity contribution in [2.24, 2.45) is 0 Å². The summed E-state index contributed by atoms with van der Waals surface area (Å²) in [5, 5.41) is 9.95. The fraction of sp³-hybridized carbons (Fsp3) is 0.500. The normalized spacial score (nSPS) is 18.2. The van der Waals surface area contributed by atoms with Gasteiger partial charge in [0, 0.05) is 38.1 Å². The van der Waals surface area contributed by atoms with E-state index in [9.17, 15) is 4.79 Å². The summed E-state index contributed by atoms with van der Waals surface area (Å²) < 4.78 is 17.9. The summed E-state index contributed by atoms with van der Waals surface area (Å²) in [6.07, 6.45) is 4.00. The predicted octanol–water partition coefficient (Wildman–Crippen LogP) is 4.24. The number of aromatic nitrogens is 1. The number of hydrogen-bond donors (Lipinski definition) is 1. The molecule has 3 heterocycles. The van der Waals surface area contributed by atoms with Crippen molar-refractivity contribution in [3.05, 3.63) is 59.7 Å². The molecule has 8 heteroatoms. The van der Waals surface area contributed by atoms with E-state index in [1.165, 1.54) is 21.2 Å². The lowest BCUT2D eigenvalue weighted by Crippen LogP contribution is -2.57. The van der Waals surface area contributed by atoms with Crippen LogP contribution in [0.5, 0.6) is 0 Å². The number of anilines is 1. The van der Waals surface area contributed by atoms with Gasteiger partial charge in [0.25, 0.3) is 0 Å². The third kappa shape index (κ3) is 6.24. The monoisotopic (exact) mass is 509 g/mol. The Balaban J connectivity index is 1.09. The molecule has 0 unspecified atom stereocenters. The van der Waals surface area contributed by atoms with Crippen LogP contribution in [0.1, 0.15) is 30.4 Å².